The molecule has 0 amide bonds. The number of rotatable bonds is 14. The monoisotopic (exact) mass is 800 g/mol. The molecule has 0 fully saturated rings. The van der Waals surface area contributed by atoms with E-state index in [1.807, 2.05) is 0 Å². The van der Waals surface area contributed by atoms with E-state index in [-0.39, 0.29) is 36.5 Å². The van der Waals surface area contributed by atoms with Gasteiger partial charge in [-0.05, 0) is 36.4 Å². The van der Waals surface area contributed by atoms with Crippen LogP contribution in [0.4, 0.5) is 17.6 Å². The van der Waals surface area contributed by atoms with Crippen molar-refractivity contribution < 1.29 is 36.5 Å². The van der Waals surface area contributed by atoms with Crippen LogP contribution >= 0.6 is 0 Å². The third kappa shape index (κ3) is 11.0. The number of hydrogen-bond donors (Lipinski definition) is 1. The van der Waals surface area contributed by atoms with Gasteiger partial charge in [0, 0.05) is 60.7 Å². The molecule has 2 aromatic carbocycles. The fourth-order valence-electron chi connectivity index (χ4n) is 5.04. The molecule has 12 nitrogen and oxygen atoms in total. The standard InChI is InChI=1S/C19H23F2N3O3Si.C18H21F2N3O3Si/c1-23-16-11-22-24(12-26-7-8-28(2,3)4)15(16)10-18(19(23)25)27-17-6-5-13(20)9-14(17)21;1-27(2,3)7-6-25-11-23-15-9-17(18(24)22-14(15)10-21-23)26-16-5-4-12(19)8-13(16)20/h5-6,9-11H,7-8,12H2,1-4H3;4-5,8-10H,6-7,11H2,1-3H3,(H,22,24). The van der Waals surface area contributed by atoms with Crippen molar-refractivity contribution in [2.75, 3.05) is 13.2 Å². The molecule has 0 aliphatic carbocycles. The molecule has 6 rings (SSSR count). The van der Waals surface area contributed by atoms with Crippen LogP contribution in [0.1, 0.15) is 0 Å². The molecule has 18 heteroatoms. The third-order valence-corrected chi connectivity index (χ3v) is 11.7. The van der Waals surface area contributed by atoms with Crippen LogP contribution in [-0.4, -0.2) is 58.5 Å². The molecular weight excluding hydrogens is 757 g/mol. The van der Waals surface area contributed by atoms with Crippen LogP contribution in [-0.2, 0) is 30.0 Å². The van der Waals surface area contributed by atoms with Crippen molar-refractivity contribution in [3.8, 4) is 23.0 Å². The van der Waals surface area contributed by atoms with Crippen LogP contribution in [0.2, 0.25) is 51.4 Å². The van der Waals surface area contributed by atoms with E-state index in [4.69, 9.17) is 18.9 Å². The quantitative estimate of drug-likeness (QED) is 0.0664. The molecule has 1 N–H and O–H groups in total. The summed E-state index contributed by atoms with van der Waals surface area (Å²) in [6.45, 7) is 15.3. The normalized spacial score (nSPS) is 11.9. The van der Waals surface area contributed by atoms with Gasteiger partial charge in [0.05, 0.1) is 34.5 Å². The molecule has 294 valence electrons. The van der Waals surface area contributed by atoms with Crippen LogP contribution in [0.5, 0.6) is 23.0 Å². The number of aromatic amines is 1. The zero-order valence-corrected chi connectivity index (χ0v) is 33.7. The Bertz CT molecular complexity index is 2400. The van der Waals surface area contributed by atoms with Gasteiger partial charge in [-0.1, -0.05) is 39.3 Å². The second-order valence-electron chi connectivity index (χ2n) is 15.2. The van der Waals surface area contributed by atoms with Crippen molar-refractivity contribution in [1.82, 2.24) is 29.1 Å². The summed E-state index contributed by atoms with van der Waals surface area (Å²) in [4.78, 5) is 27.3. The first kappa shape index (κ1) is 41.1. The van der Waals surface area contributed by atoms with E-state index >= 15 is 0 Å². The van der Waals surface area contributed by atoms with Gasteiger partial charge >= 0.3 is 0 Å². The Morgan fingerprint density at radius 2 is 1.13 bits per heavy atom. The number of nitrogens with one attached hydrogen (secondary N) is 1. The lowest BCUT2D eigenvalue weighted by Crippen LogP contribution is -2.22. The summed E-state index contributed by atoms with van der Waals surface area (Å²) in [7, 11) is -0.800. The number of benzene rings is 2. The number of H-pyrrole nitrogens is 1. The van der Waals surface area contributed by atoms with E-state index < -0.39 is 50.5 Å². The molecule has 0 radical (unpaired) electrons. The largest absolute Gasteiger partial charge is 0.448 e. The van der Waals surface area contributed by atoms with Crippen molar-refractivity contribution in [1.29, 1.82) is 0 Å². The zero-order valence-electron chi connectivity index (χ0n) is 31.7. The molecular formula is C37H44F4N6O6Si2. The number of hydrogen-bond acceptors (Lipinski definition) is 8. The predicted octanol–water partition coefficient (Wildman–Crippen LogP) is 8.23. The maximum atomic E-state index is 13.9. The minimum atomic E-state index is -1.19. The molecule has 0 aliphatic rings. The smallest absolute Gasteiger partial charge is 0.293 e. The summed E-state index contributed by atoms with van der Waals surface area (Å²) in [5, 5.41) is 8.47. The van der Waals surface area contributed by atoms with E-state index in [9.17, 15) is 27.2 Å². The van der Waals surface area contributed by atoms with E-state index in [2.05, 4.69) is 54.5 Å². The Morgan fingerprint density at radius 1 is 0.636 bits per heavy atom. The van der Waals surface area contributed by atoms with Gasteiger partial charge in [-0.25, -0.2) is 26.9 Å². The number of nitrogens with zero attached hydrogens (tertiary/aromatic N) is 5. The molecule has 0 saturated carbocycles. The van der Waals surface area contributed by atoms with Crippen LogP contribution < -0.4 is 20.6 Å². The fourth-order valence-corrected chi connectivity index (χ4v) is 6.55. The Balaban J connectivity index is 0.000000211. The van der Waals surface area contributed by atoms with Crippen molar-refractivity contribution in [3.63, 3.8) is 0 Å². The van der Waals surface area contributed by atoms with E-state index in [0.717, 1.165) is 36.4 Å². The lowest BCUT2D eigenvalue weighted by atomic mass is 10.3. The Kier molecular flexibility index (Phi) is 12.8. The van der Waals surface area contributed by atoms with Gasteiger partial charge in [0.2, 0.25) is 0 Å². The van der Waals surface area contributed by atoms with Crippen LogP contribution in [0.25, 0.3) is 22.1 Å². The average Bonchev–Trinajstić information content (AvgIpc) is 3.69. The maximum Gasteiger partial charge on any atom is 0.293 e. The molecule has 0 unspecified atom stereocenters. The van der Waals surface area contributed by atoms with E-state index in [0.29, 0.717) is 47.4 Å². The molecule has 0 bridgehead atoms. The highest BCUT2D eigenvalue weighted by Gasteiger charge is 2.18. The fraction of sp³-hybridized carbons (Fsp3) is 0.351. The van der Waals surface area contributed by atoms with Crippen molar-refractivity contribution >= 4 is 38.2 Å². The molecule has 4 aromatic heterocycles. The Morgan fingerprint density at radius 3 is 1.65 bits per heavy atom. The summed E-state index contributed by atoms with van der Waals surface area (Å²) < 4.78 is 80.5. The number of pyridine rings is 2. The molecule has 0 saturated heterocycles. The topological polar surface area (TPSA) is 127 Å². The van der Waals surface area contributed by atoms with Crippen molar-refractivity contribution in [3.05, 3.63) is 105 Å². The molecule has 0 atom stereocenters. The highest BCUT2D eigenvalue weighted by atomic mass is 28.3. The third-order valence-electron chi connectivity index (χ3n) is 8.27. The van der Waals surface area contributed by atoms with E-state index in [1.165, 1.54) is 22.9 Å². The lowest BCUT2D eigenvalue weighted by molar-refractivity contribution is 0.0816. The van der Waals surface area contributed by atoms with Gasteiger partial charge in [0.1, 0.15) is 25.1 Å². The van der Waals surface area contributed by atoms with E-state index in [1.54, 1.807) is 22.6 Å². The lowest BCUT2D eigenvalue weighted by Gasteiger charge is -2.15. The Labute approximate surface area is 316 Å². The second-order valence-corrected chi connectivity index (χ2v) is 26.5. The number of ether oxygens (including phenoxy) is 4. The minimum absolute atomic E-state index is 0.0793. The number of aryl methyl sites for hydroxylation is 1. The summed E-state index contributed by atoms with van der Waals surface area (Å²) in [6.07, 6.45) is 3.09. The molecule has 0 aliphatic heterocycles. The first-order chi connectivity index (χ1) is 25.9. The first-order valence-electron chi connectivity index (χ1n) is 17.4. The highest BCUT2D eigenvalue weighted by Crippen LogP contribution is 2.26. The van der Waals surface area contributed by atoms with Gasteiger partial charge in [-0.3, -0.25) is 9.59 Å². The number of fused-ring (bicyclic) bond motifs is 2. The van der Waals surface area contributed by atoms with Gasteiger partial charge in [0.25, 0.3) is 11.1 Å². The summed E-state index contributed by atoms with van der Waals surface area (Å²) in [5.41, 5.74) is 1.33. The van der Waals surface area contributed by atoms with Crippen molar-refractivity contribution in [2.45, 2.75) is 64.8 Å². The minimum Gasteiger partial charge on any atom is -0.448 e. The van der Waals surface area contributed by atoms with Crippen LogP contribution in [0, 0.1) is 23.3 Å². The molecule has 4 heterocycles. The maximum absolute atomic E-state index is 13.9. The number of aromatic nitrogens is 6. The van der Waals surface area contributed by atoms with Gasteiger partial charge in [-0.2, -0.15) is 10.2 Å². The summed E-state index contributed by atoms with van der Waals surface area (Å²) >= 11 is 0. The average molecular weight is 801 g/mol. The summed E-state index contributed by atoms with van der Waals surface area (Å²) in [5.74, 6) is -3.88. The molecule has 6 aromatic rings. The summed E-state index contributed by atoms with van der Waals surface area (Å²) in [6, 6.07) is 10.8. The van der Waals surface area contributed by atoms with Gasteiger partial charge < -0.3 is 28.5 Å². The zero-order chi connectivity index (χ0) is 40.1. The molecule has 0 spiro atoms. The van der Waals surface area contributed by atoms with Crippen LogP contribution in [0.3, 0.4) is 0 Å². The SMILES string of the molecule is C[Si](C)(C)CCOCn1ncc2[nH]c(=O)c(Oc3ccc(F)cc3F)cc21.Cn1c(=O)c(Oc2ccc(F)cc2F)cc2c1cnn2COCC[Si](C)(C)C. The number of halogens is 4. The Hall–Kier alpha value is -5.05. The molecule has 55 heavy (non-hydrogen) atoms. The first-order valence-corrected chi connectivity index (χ1v) is 24.9. The predicted molar refractivity (Wildman–Crippen MR) is 206 cm³/mol. The van der Waals surface area contributed by atoms with Crippen LogP contribution in [0.15, 0.2) is 70.5 Å². The van der Waals surface area contributed by atoms with Gasteiger partial charge in [0.15, 0.2) is 34.6 Å². The second kappa shape index (κ2) is 17.2. The van der Waals surface area contributed by atoms with Crippen molar-refractivity contribution in [2.24, 2.45) is 7.05 Å². The van der Waals surface area contributed by atoms with Gasteiger partial charge in [-0.15, -0.1) is 0 Å². The highest BCUT2D eigenvalue weighted by molar-refractivity contribution is 6.76.